The van der Waals surface area contributed by atoms with Crippen LogP contribution in [0.25, 0.3) is 0 Å². The molecule has 0 amide bonds. The fourth-order valence-electron chi connectivity index (χ4n) is 1.11. The highest BCUT2D eigenvalue weighted by Crippen LogP contribution is 2.29. The van der Waals surface area contributed by atoms with Gasteiger partial charge in [0.1, 0.15) is 0 Å². The Morgan fingerprint density at radius 2 is 1.76 bits per heavy atom. The summed E-state index contributed by atoms with van der Waals surface area (Å²) in [7, 11) is -1.45. The summed E-state index contributed by atoms with van der Waals surface area (Å²) in [5.74, 6) is 1.45. The number of rotatable bonds is 3. The standard InChI is InChI=1S/C9H13NO2.H2O4S/c1-11-8-5-3-4-7(6-10)9(8)12-2;1-5(2,3)4/h3-5H,6,10H2,1-2H3;(H2,1,2,3,4). The second-order valence-corrected chi connectivity index (χ2v) is 3.70. The van der Waals surface area contributed by atoms with Gasteiger partial charge in [0.25, 0.3) is 0 Å². The maximum atomic E-state index is 8.74. The predicted molar refractivity (Wildman–Crippen MR) is 61.6 cm³/mol. The fraction of sp³-hybridized carbons (Fsp3) is 0.333. The van der Waals surface area contributed by atoms with E-state index in [1.165, 1.54) is 0 Å². The fourth-order valence-corrected chi connectivity index (χ4v) is 1.11. The summed E-state index contributed by atoms with van der Waals surface area (Å²) in [6, 6.07) is 5.66. The molecule has 0 aliphatic carbocycles. The minimum absolute atomic E-state index is 0.459. The van der Waals surface area contributed by atoms with E-state index in [1.807, 2.05) is 18.2 Å². The monoisotopic (exact) mass is 265 g/mol. The molecule has 0 heterocycles. The number of methoxy groups -OCH3 is 2. The van der Waals surface area contributed by atoms with Crippen molar-refractivity contribution in [2.75, 3.05) is 14.2 Å². The first-order valence-electron chi connectivity index (χ1n) is 4.43. The Balaban J connectivity index is 0.000000437. The summed E-state index contributed by atoms with van der Waals surface area (Å²) in [6.07, 6.45) is 0. The maximum absolute atomic E-state index is 8.74. The van der Waals surface area contributed by atoms with E-state index in [4.69, 9.17) is 32.7 Å². The molecular weight excluding hydrogens is 250 g/mol. The van der Waals surface area contributed by atoms with Gasteiger partial charge in [-0.25, -0.2) is 0 Å². The zero-order valence-electron chi connectivity index (χ0n) is 9.45. The first kappa shape index (κ1) is 15.7. The van der Waals surface area contributed by atoms with Crippen LogP contribution in [0.1, 0.15) is 5.56 Å². The van der Waals surface area contributed by atoms with Crippen LogP contribution in [0.3, 0.4) is 0 Å². The van der Waals surface area contributed by atoms with Crippen molar-refractivity contribution in [3.63, 3.8) is 0 Å². The summed E-state index contributed by atoms with van der Waals surface area (Å²) in [4.78, 5) is 0. The van der Waals surface area contributed by atoms with Gasteiger partial charge in [-0.1, -0.05) is 12.1 Å². The number of nitrogens with two attached hydrogens (primary N) is 1. The molecule has 1 rings (SSSR count). The number of hydrogen-bond acceptors (Lipinski definition) is 5. The van der Waals surface area contributed by atoms with Gasteiger partial charge in [0, 0.05) is 12.1 Å². The van der Waals surface area contributed by atoms with Gasteiger partial charge in [0.15, 0.2) is 11.5 Å². The number of benzene rings is 1. The van der Waals surface area contributed by atoms with Crippen LogP contribution in [-0.4, -0.2) is 31.7 Å². The lowest BCUT2D eigenvalue weighted by molar-refractivity contribution is 0.352. The van der Waals surface area contributed by atoms with Crippen molar-refractivity contribution in [1.29, 1.82) is 0 Å². The molecule has 1 aromatic rings. The van der Waals surface area contributed by atoms with Crippen molar-refractivity contribution in [2.24, 2.45) is 5.73 Å². The van der Waals surface area contributed by atoms with Gasteiger partial charge < -0.3 is 15.2 Å². The van der Waals surface area contributed by atoms with E-state index < -0.39 is 10.4 Å². The molecule has 0 aliphatic rings. The smallest absolute Gasteiger partial charge is 0.394 e. The molecular formula is C9H15NO6S. The van der Waals surface area contributed by atoms with E-state index >= 15 is 0 Å². The van der Waals surface area contributed by atoms with Crippen LogP contribution < -0.4 is 15.2 Å². The zero-order valence-corrected chi connectivity index (χ0v) is 10.3. The second kappa shape index (κ2) is 7.07. The summed E-state index contributed by atoms with van der Waals surface area (Å²) >= 11 is 0. The highest BCUT2D eigenvalue weighted by Gasteiger charge is 2.06. The van der Waals surface area contributed by atoms with Crippen molar-refractivity contribution in [2.45, 2.75) is 6.54 Å². The summed E-state index contributed by atoms with van der Waals surface area (Å²) in [6.45, 7) is 0.459. The SMILES string of the molecule is COc1cccc(CN)c1OC.O=S(=O)(O)O. The highest BCUT2D eigenvalue weighted by atomic mass is 32.3. The Morgan fingerprint density at radius 1 is 1.24 bits per heavy atom. The first-order valence-corrected chi connectivity index (χ1v) is 5.83. The molecule has 0 saturated heterocycles. The third-order valence-electron chi connectivity index (χ3n) is 1.70. The van der Waals surface area contributed by atoms with E-state index in [1.54, 1.807) is 14.2 Å². The van der Waals surface area contributed by atoms with Gasteiger partial charge in [-0.15, -0.1) is 0 Å². The minimum atomic E-state index is -4.67. The number of ether oxygens (including phenoxy) is 2. The van der Waals surface area contributed by atoms with Gasteiger partial charge in [-0.05, 0) is 6.07 Å². The molecule has 0 fully saturated rings. The van der Waals surface area contributed by atoms with Crippen LogP contribution in [0.2, 0.25) is 0 Å². The van der Waals surface area contributed by atoms with Gasteiger partial charge in [0.05, 0.1) is 14.2 Å². The molecule has 0 bridgehead atoms. The highest BCUT2D eigenvalue weighted by molar-refractivity contribution is 7.79. The van der Waals surface area contributed by atoms with Crippen LogP contribution in [0.15, 0.2) is 18.2 Å². The number of hydrogen-bond donors (Lipinski definition) is 3. The lowest BCUT2D eigenvalue weighted by atomic mass is 10.2. The van der Waals surface area contributed by atoms with Crippen molar-refractivity contribution < 1.29 is 27.0 Å². The van der Waals surface area contributed by atoms with Crippen LogP contribution in [0.4, 0.5) is 0 Å². The molecule has 0 aliphatic heterocycles. The van der Waals surface area contributed by atoms with E-state index in [0.29, 0.717) is 6.54 Å². The third kappa shape index (κ3) is 6.74. The molecule has 98 valence electrons. The first-order chi connectivity index (χ1) is 7.83. The van der Waals surface area contributed by atoms with Crippen molar-refractivity contribution >= 4 is 10.4 Å². The Kier molecular flexibility index (Phi) is 6.51. The van der Waals surface area contributed by atoms with Crippen LogP contribution in [0.5, 0.6) is 11.5 Å². The molecule has 0 spiro atoms. The molecule has 17 heavy (non-hydrogen) atoms. The van der Waals surface area contributed by atoms with Crippen LogP contribution in [0, 0.1) is 0 Å². The minimum Gasteiger partial charge on any atom is -0.493 e. The molecule has 0 unspecified atom stereocenters. The van der Waals surface area contributed by atoms with Crippen molar-refractivity contribution in [3.05, 3.63) is 23.8 Å². The summed E-state index contributed by atoms with van der Waals surface area (Å²) < 4.78 is 41.8. The van der Waals surface area contributed by atoms with E-state index in [9.17, 15) is 0 Å². The quantitative estimate of drug-likeness (QED) is 0.681. The maximum Gasteiger partial charge on any atom is 0.394 e. The van der Waals surface area contributed by atoms with Crippen LogP contribution in [-0.2, 0) is 16.9 Å². The molecule has 0 radical (unpaired) electrons. The van der Waals surface area contributed by atoms with E-state index in [-0.39, 0.29) is 0 Å². The average Bonchev–Trinajstić information content (AvgIpc) is 2.25. The Bertz CT molecular complexity index is 415. The largest absolute Gasteiger partial charge is 0.493 e. The van der Waals surface area contributed by atoms with Gasteiger partial charge >= 0.3 is 10.4 Å². The van der Waals surface area contributed by atoms with Gasteiger partial charge in [-0.2, -0.15) is 8.42 Å². The van der Waals surface area contributed by atoms with E-state index in [0.717, 1.165) is 17.1 Å². The lowest BCUT2D eigenvalue weighted by Crippen LogP contribution is -2.01. The molecule has 0 atom stereocenters. The van der Waals surface area contributed by atoms with Crippen molar-refractivity contribution in [1.82, 2.24) is 0 Å². The lowest BCUT2D eigenvalue weighted by Gasteiger charge is -2.10. The van der Waals surface area contributed by atoms with E-state index in [2.05, 4.69) is 0 Å². The van der Waals surface area contributed by atoms with Crippen LogP contribution >= 0.6 is 0 Å². The van der Waals surface area contributed by atoms with Crippen molar-refractivity contribution in [3.8, 4) is 11.5 Å². The summed E-state index contributed by atoms with van der Waals surface area (Å²) in [5, 5.41) is 0. The Morgan fingerprint density at radius 3 is 2.12 bits per heavy atom. The molecule has 0 saturated carbocycles. The zero-order chi connectivity index (χ0) is 13.5. The normalized spacial score (nSPS) is 10.2. The molecule has 8 heteroatoms. The third-order valence-corrected chi connectivity index (χ3v) is 1.70. The molecule has 4 N–H and O–H groups in total. The second-order valence-electron chi connectivity index (χ2n) is 2.80. The topological polar surface area (TPSA) is 119 Å². The number of para-hydroxylation sites is 1. The predicted octanol–water partition coefficient (Wildman–Crippen LogP) is 0.510. The molecule has 1 aromatic carbocycles. The Hall–Kier alpha value is -1.35. The molecule has 0 aromatic heterocycles. The Labute approximate surface area is 99.7 Å². The molecule has 7 nitrogen and oxygen atoms in total. The summed E-state index contributed by atoms with van der Waals surface area (Å²) in [5.41, 5.74) is 6.47. The average molecular weight is 265 g/mol. The van der Waals surface area contributed by atoms with Gasteiger partial charge in [-0.3, -0.25) is 9.11 Å². The van der Waals surface area contributed by atoms with Gasteiger partial charge in [0.2, 0.25) is 0 Å².